The van der Waals surface area contributed by atoms with Crippen LogP contribution in [0.2, 0.25) is 5.02 Å². The van der Waals surface area contributed by atoms with Crippen molar-refractivity contribution in [2.24, 2.45) is 0 Å². The van der Waals surface area contributed by atoms with Crippen LogP contribution in [0.15, 0.2) is 29.4 Å². The maximum Gasteiger partial charge on any atom is 0.268 e. The van der Waals surface area contributed by atoms with Gasteiger partial charge in [-0.25, -0.2) is 13.4 Å². The number of nitrogens with zero attached hydrogens (tertiary/aromatic N) is 3. The fraction of sp³-hybridized carbons (Fsp3) is 0.200. The quantitative estimate of drug-likeness (QED) is 0.887. The van der Waals surface area contributed by atoms with E-state index in [-0.39, 0.29) is 21.6 Å². The van der Waals surface area contributed by atoms with Crippen LogP contribution < -0.4 is 10.5 Å². The Morgan fingerprint density at radius 2 is 2.26 bits per heavy atom. The van der Waals surface area contributed by atoms with E-state index in [0.717, 1.165) is 0 Å². The third-order valence-corrected chi connectivity index (χ3v) is 4.02. The zero-order chi connectivity index (χ0) is 14.0. The van der Waals surface area contributed by atoms with Crippen LogP contribution in [0, 0.1) is 0 Å². The summed E-state index contributed by atoms with van der Waals surface area (Å²) < 4.78 is 28.0. The van der Waals surface area contributed by atoms with Gasteiger partial charge in [-0.3, -0.25) is 9.40 Å². The first-order chi connectivity index (χ1) is 8.94. The van der Waals surface area contributed by atoms with Crippen LogP contribution >= 0.6 is 11.6 Å². The first-order valence-corrected chi connectivity index (χ1v) is 7.26. The van der Waals surface area contributed by atoms with Gasteiger partial charge < -0.3 is 5.73 Å². The zero-order valence-electron chi connectivity index (χ0n) is 10.0. The molecule has 0 fully saturated rings. The van der Waals surface area contributed by atoms with Crippen molar-refractivity contribution in [3.05, 3.63) is 29.5 Å². The molecule has 0 saturated carbocycles. The Labute approximate surface area is 115 Å². The van der Waals surface area contributed by atoms with Gasteiger partial charge in [0.15, 0.2) is 11.6 Å². The molecular formula is C10H12ClN5O2S. The van der Waals surface area contributed by atoms with Crippen molar-refractivity contribution in [3.63, 3.8) is 0 Å². The normalized spacial score (nSPS) is 11.5. The Morgan fingerprint density at radius 3 is 2.84 bits per heavy atom. The van der Waals surface area contributed by atoms with Crippen LogP contribution in [0.5, 0.6) is 0 Å². The minimum absolute atomic E-state index is 0.0489. The molecule has 0 aromatic carbocycles. The van der Waals surface area contributed by atoms with Crippen LogP contribution in [0.25, 0.3) is 0 Å². The molecule has 0 saturated heterocycles. The maximum absolute atomic E-state index is 12.2. The van der Waals surface area contributed by atoms with Gasteiger partial charge in [0.2, 0.25) is 0 Å². The molecule has 2 aromatic heterocycles. The van der Waals surface area contributed by atoms with Gasteiger partial charge >= 0.3 is 0 Å². The summed E-state index contributed by atoms with van der Waals surface area (Å²) in [4.78, 5) is 3.75. The fourth-order valence-electron chi connectivity index (χ4n) is 1.43. The third-order valence-electron chi connectivity index (χ3n) is 2.36. The number of sulfonamides is 1. The highest BCUT2D eigenvalue weighted by atomic mass is 35.5. The molecule has 102 valence electrons. The van der Waals surface area contributed by atoms with E-state index in [0.29, 0.717) is 6.54 Å². The molecule has 0 radical (unpaired) electrons. The van der Waals surface area contributed by atoms with Gasteiger partial charge in [-0.2, -0.15) is 5.10 Å². The lowest BCUT2D eigenvalue weighted by atomic mass is 10.5. The van der Waals surface area contributed by atoms with E-state index in [4.69, 9.17) is 17.3 Å². The number of hydrogen-bond acceptors (Lipinski definition) is 5. The van der Waals surface area contributed by atoms with E-state index in [9.17, 15) is 8.42 Å². The number of nitrogen functional groups attached to an aromatic ring is 1. The Balaban J connectivity index is 2.38. The first-order valence-electron chi connectivity index (χ1n) is 5.40. The summed E-state index contributed by atoms with van der Waals surface area (Å²) in [6, 6.07) is 3.13. The van der Waals surface area contributed by atoms with Gasteiger partial charge in [0, 0.05) is 18.9 Å². The van der Waals surface area contributed by atoms with Gasteiger partial charge in [-0.05, 0) is 19.1 Å². The minimum Gasteiger partial charge on any atom is -0.381 e. The Hall–Kier alpha value is -1.80. The molecule has 0 spiro atoms. The second-order valence-electron chi connectivity index (χ2n) is 3.67. The SMILES string of the molecule is CCn1cc(S(=O)(=O)Nc2ncccc2Cl)c(N)n1. The summed E-state index contributed by atoms with van der Waals surface area (Å²) in [5.41, 5.74) is 5.59. The van der Waals surface area contributed by atoms with Crippen LogP contribution in [0.4, 0.5) is 11.6 Å². The number of aryl methyl sites for hydroxylation is 1. The number of halogens is 1. The van der Waals surface area contributed by atoms with E-state index >= 15 is 0 Å². The number of nitrogens with two attached hydrogens (primary N) is 1. The van der Waals surface area contributed by atoms with E-state index < -0.39 is 10.0 Å². The molecule has 9 heteroatoms. The van der Waals surface area contributed by atoms with Crippen LogP contribution in [-0.4, -0.2) is 23.2 Å². The fourth-order valence-corrected chi connectivity index (χ4v) is 2.76. The maximum atomic E-state index is 12.2. The number of rotatable bonds is 4. The molecule has 0 aliphatic carbocycles. The molecule has 7 nitrogen and oxygen atoms in total. The number of nitrogens with one attached hydrogen (secondary N) is 1. The summed E-state index contributed by atoms with van der Waals surface area (Å²) in [5.74, 6) is -0.0192. The van der Waals surface area contributed by atoms with Crippen LogP contribution in [0.1, 0.15) is 6.92 Å². The Kier molecular flexibility index (Phi) is 3.63. The molecule has 0 unspecified atom stereocenters. The lowest BCUT2D eigenvalue weighted by molar-refractivity contribution is 0.600. The monoisotopic (exact) mass is 301 g/mol. The molecule has 2 rings (SSSR count). The van der Waals surface area contributed by atoms with Crippen molar-refractivity contribution in [2.75, 3.05) is 10.5 Å². The molecule has 2 aromatic rings. The molecule has 0 atom stereocenters. The summed E-state index contributed by atoms with van der Waals surface area (Å²) in [6.07, 6.45) is 2.79. The smallest absolute Gasteiger partial charge is 0.268 e. The molecule has 0 amide bonds. The number of aromatic nitrogens is 3. The van der Waals surface area contributed by atoms with Gasteiger partial charge in [0.05, 0.1) is 5.02 Å². The largest absolute Gasteiger partial charge is 0.381 e. The minimum atomic E-state index is -3.86. The summed E-state index contributed by atoms with van der Waals surface area (Å²) >= 11 is 5.85. The summed E-state index contributed by atoms with van der Waals surface area (Å²) in [7, 11) is -3.86. The zero-order valence-corrected chi connectivity index (χ0v) is 11.6. The predicted octanol–water partition coefficient (Wildman–Crippen LogP) is 1.33. The van der Waals surface area contributed by atoms with Crippen molar-refractivity contribution in [1.82, 2.24) is 14.8 Å². The standard InChI is InChI=1S/C10H12ClN5O2S/c1-2-16-6-8(9(12)14-16)19(17,18)15-10-7(11)4-3-5-13-10/h3-6H,2H2,1H3,(H2,12,14)(H,13,15). The van der Waals surface area contributed by atoms with E-state index in [1.54, 1.807) is 6.07 Å². The highest BCUT2D eigenvalue weighted by molar-refractivity contribution is 7.92. The van der Waals surface area contributed by atoms with Crippen molar-refractivity contribution in [1.29, 1.82) is 0 Å². The Bertz CT molecular complexity index is 698. The van der Waals surface area contributed by atoms with E-state index in [2.05, 4.69) is 14.8 Å². The average molecular weight is 302 g/mol. The Morgan fingerprint density at radius 1 is 1.53 bits per heavy atom. The second-order valence-corrected chi connectivity index (χ2v) is 5.73. The summed E-state index contributed by atoms with van der Waals surface area (Å²) in [6.45, 7) is 2.34. The molecule has 3 N–H and O–H groups in total. The van der Waals surface area contributed by atoms with Gasteiger partial charge in [0.1, 0.15) is 4.90 Å². The van der Waals surface area contributed by atoms with Crippen molar-refractivity contribution < 1.29 is 8.42 Å². The topological polar surface area (TPSA) is 103 Å². The molecule has 0 aliphatic rings. The van der Waals surface area contributed by atoms with E-state index in [1.165, 1.54) is 23.1 Å². The molecule has 0 aliphatic heterocycles. The second kappa shape index (κ2) is 5.06. The van der Waals surface area contributed by atoms with Crippen LogP contribution in [0.3, 0.4) is 0 Å². The van der Waals surface area contributed by atoms with Gasteiger partial charge in [-0.15, -0.1) is 0 Å². The molecule has 19 heavy (non-hydrogen) atoms. The van der Waals surface area contributed by atoms with E-state index in [1.807, 2.05) is 6.92 Å². The predicted molar refractivity (Wildman–Crippen MR) is 72.4 cm³/mol. The molecule has 0 bridgehead atoms. The number of anilines is 2. The average Bonchev–Trinajstić information content (AvgIpc) is 2.74. The highest BCUT2D eigenvalue weighted by Crippen LogP contribution is 2.23. The third kappa shape index (κ3) is 2.79. The van der Waals surface area contributed by atoms with Crippen molar-refractivity contribution in [2.45, 2.75) is 18.4 Å². The summed E-state index contributed by atoms with van der Waals surface area (Å²) in [5, 5.41) is 4.08. The highest BCUT2D eigenvalue weighted by Gasteiger charge is 2.22. The molecule has 2 heterocycles. The van der Waals surface area contributed by atoms with Gasteiger partial charge in [0.25, 0.3) is 10.0 Å². The number of pyridine rings is 1. The van der Waals surface area contributed by atoms with Gasteiger partial charge in [-0.1, -0.05) is 11.6 Å². The first kappa shape index (κ1) is 13.6. The lowest BCUT2D eigenvalue weighted by Gasteiger charge is -2.06. The number of hydrogen-bond donors (Lipinski definition) is 2. The lowest BCUT2D eigenvalue weighted by Crippen LogP contribution is -2.15. The van der Waals surface area contributed by atoms with Crippen molar-refractivity contribution >= 4 is 33.3 Å². The molecular weight excluding hydrogens is 290 g/mol. The van der Waals surface area contributed by atoms with Crippen molar-refractivity contribution in [3.8, 4) is 0 Å². The van der Waals surface area contributed by atoms with Crippen LogP contribution in [-0.2, 0) is 16.6 Å².